The Morgan fingerprint density at radius 3 is 2.77 bits per heavy atom. The zero-order chi connectivity index (χ0) is 9.15. The summed E-state index contributed by atoms with van der Waals surface area (Å²) in [4.78, 5) is 4.28. The Morgan fingerprint density at radius 2 is 2.23 bits per heavy atom. The summed E-state index contributed by atoms with van der Waals surface area (Å²) in [5, 5.41) is 11.5. The molecule has 1 aliphatic carbocycles. The van der Waals surface area contributed by atoms with Gasteiger partial charge in [0.15, 0.2) is 0 Å². The summed E-state index contributed by atoms with van der Waals surface area (Å²) in [5.74, 6) is 0. The van der Waals surface area contributed by atoms with Crippen LogP contribution >= 0.6 is 11.3 Å². The number of hydrogen-bond donors (Lipinski definition) is 1. The fraction of sp³-hybridized carbons (Fsp3) is 0.700. The molecule has 0 amide bonds. The van der Waals surface area contributed by atoms with Crippen LogP contribution in [0.2, 0.25) is 0 Å². The quantitative estimate of drug-likeness (QED) is 0.806. The molecule has 1 heterocycles. The number of aliphatic hydroxyl groups excluding tert-OH is 1. The lowest BCUT2D eigenvalue weighted by Crippen LogP contribution is -2.24. The summed E-state index contributed by atoms with van der Waals surface area (Å²) in [6, 6.07) is 0. The SMILES string of the molecule is OCC1(Cc2cscn2)CCCC1. The second-order valence-electron chi connectivity index (χ2n) is 4.02. The predicted molar refractivity (Wildman–Crippen MR) is 53.8 cm³/mol. The van der Waals surface area contributed by atoms with Crippen molar-refractivity contribution < 1.29 is 5.11 Å². The molecule has 72 valence electrons. The second kappa shape index (κ2) is 3.76. The molecule has 0 aromatic carbocycles. The average molecular weight is 197 g/mol. The topological polar surface area (TPSA) is 33.1 Å². The first-order valence-electron chi connectivity index (χ1n) is 4.83. The van der Waals surface area contributed by atoms with Crippen LogP contribution in [0.4, 0.5) is 0 Å². The highest BCUT2D eigenvalue weighted by molar-refractivity contribution is 7.07. The van der Waals surface area contributed by atoms with Gasteiger partial charge in [-0.2, -0.15) is 0 Å². The number of hydrogen-bond acceptors (Lipinski definition) is 3. The van der Waals surface area contributed by atoms with Gasteiger partial charge in [0.05, 0.1) is 11.2 Å². The van der Waals surface area contributed by atoms with Crippen LogP contribution in [0.1, 0.15) is 31.4 Å². The largest absolute Gasteiger partial charge is 0.396 e. The van der Waals surface area contributed by atoms with E-state index in [2.05, 4.69) is 10.4 Å². The molecule has 2 nitrogen and oxygen atoms in total. The Labute approximate surface area is 82.6 Å². The molecule has 1 aliphatic rings. The van der Waals surface area contributed by atoms with Crippen molar-refractivity contribution in [3.05, 3.63) is 16.6 Å². The van der Waals surface area contributed by atoms with Crippen LogP contribution in [0.25, 0.3) is 0 Å². The van der Waals surface area contributed by atoms with E-state index >= 15 is 0 Å². The van der Waals surface area contributed by atoms with E-state index in [-0.39, 0.29) is 5.41 Å². The highest BCUT2D eigenvalue weighted by Gasteiger charge is 2.33. The fourth-order valence-electron chi connectivity index (χ4n) is 2.22. The first-order valence-corrected chi connectivity index (χ1v) is 5.77. The van der Waals surface area contributed by atoms with Gasteiger partial charge in [-0.3, -0.25) is 0 Å². The van der Waals surface area contributed by atoms with Gasteiger partial charge in [0.2, 0.25) is 0 Å². The summed E-state index contributed by atoms with van der Waals surface area (Å²) in [6.45, 7) is 0.324. The van der Waals surface area contributed by atoms with Crippen LogP contribution in [-0.2, 0) is 6.42 Å². The highest BCUT2D eigenvalue weighted by atomic mass is 32.1. The van der Waals surface area contributed by atoms with Crippen molar-refractivity contribution in [2.45, 2.75) is 32.1 Å². The van der Waals surface area contributed by atoms with E-state index in [0.29, 0.717) is 6.61 Å². The molecule has 0 unspecified atom stereocenters. The second-order valence-corrected chi connectivity index (χ2v) is 4.74. The molecule has 0 saturated heterocycles. The summed E-state index contributed by atoms with van der Waals surface area (Å²) in [7, 11) is 0. The van der Waals surface area contributed by atoms with Crippen molar-refractivity contribution in [1.29, 1.82) is 0 Å². The van der Waals surface area contributed by atoms with E-state index in [4.69, 9.17) is 0 Å². The van der Waals surface area contributed by atoms with Gasteiger partial charge >= 0.3 is 0 Å². The lowest BCUT2D eigenvalue weighted by Gasteiger charge is -2.25. The van der Waals surface area contributed by atoms with Crippen molar-refractivity contribution in [2.75, 3.05) is 6.61 Å². The number of aromatic nitrogens is 1. The Bertz CT molecular complexity index is 252. The van der Waals surface area contributed by atoms with Gasteiger partial charge in [-0.1, -0.05) is 12.8 Å². The molecule has 1 aromatic rings. The van der Waals surface area contributed by atoms with Gasteiger partial charge in [0, 0.05) is 12.0 Å². The van der Waals surface area contributed by atoms with Crippen LogP contribution in [0.5, 0.6) is 0 Å². The summed E-state index contributed by atoms with van der Waals surface area (Å²) in [5.41, 5.74) is 3.18. The average Bonchev–Trinajstić information content (AvgIpc) is 2.77. The van der Waals surface area contributed by atoms with Crippen LogP contribution in [0, 0.1) is 5.41 Å². The highest BCUT2D eigenvalue weighted by Crippen LogP contribution is 2.40. The summed E-state index contributed by atoms with van der Waals surface area (Å²) >= 11 is 1.64. The van der Waals surface area contributed by atoms with Crippen LogP contribution in [-0.4, -0.2) is 16.7 Å². The molecular weight excluding hydrogens is 182 g/mol. The molecule has 3 heteroatoms. The number of aliphatic hydroxyl groups is 1. The van der Waals surface area contributed by atoms with Gasteiger partial charge in [-0.25, -0.2) is 4.98 Å². The van der Waals surface area contributed by atoms with Gasteiger partial charge < -0.3 is 5.11 Å². The van der Waals surface area contributed by atoms with Gasteiger partial charge in [0.1, 0.15) is 0 Å². The minimum Gasteiger partial charge on any atom is -0.396 e. The molecule has 1 saturated carbocycles. The Morgan fingerprint density at radius 1 is 1.46 bits per heavy atom. The van der Waals surface area contributed by atoms with E-state index < -0.39 is 0 Å². The standard InChI is InChI=1S/C10H15NOS/c12-7-10(3-1-2-4-10)5-9-6-13-8-11-9/h6,8,12H,1-5,7H2. The number of nitrogens with zero attached hydrogens (tertiary/aromatic N) is 1. The minimum absolute atomic E-state index is 0.161. The Kier molecular flexibility index (Phi) is 2.65. The number of thiazole rings is 1. The van der Waals surface area contributed by atoms with E-state index in [9.17, 15) is 5.11 Å². The lowest BCUT2D eigenvalue weighted by atomic mass is 9.83. The third-order valence-corrected chi connectivity index (χ3v) is 3.67. The molecule has 1 aromatic heterocycles. The molecular formula is C10H15NOS. The third kappa shape index (κ3) is 1.92. The van der Waals surface area contributed by atoms with Crippen molar-refractivity contribution in [3.63, 3.8) is 0 Å². The maximum absolute atomic E-state index is 9.39. The molecule has 1 fully saturated rings. The maximum atomic E-state index is 9.39. The lowest BCUT2D eigenvalue weighted by molar-refractivity contribution is 0.129. The predicted octanol–water partition coefficient (Wildman–Crippen LogP) is 2.24. The van der Waals surface area contributed by atoms with Crippen LogP contribution < -0.4 is 0 Å². The van der Waals surface area contributed by atoms with Crippen LogP contribution in [0.15, 0.2) is 10.9 Å². The minimum atomic E-state index is 0.161. The zero-order valence-corrected chi connectivity index (χ0v) is 8.52. The monoisotopic (exact) mass is 197 g/mol. The molecule has 0 bridgehead atoms. The Balaban J connectivity index is 2.06. The molecule has 0 spiro atoms. The van der Waals surface area contributed by atoms with E-state index in [1.165, 1.54) is 25.7 Å². The summed E-state index contributed by atoms with van der Waals surface area (Å²) < 4.78 is 0. The smallest absolute Gasteiger partial charge is 0.0794 e. The van der Waals surface area contributed by atoms with E-state index in [1.54, 1.807) is 11.3 Å². The van der Waals surface area contributed by atoms with Crippen molar-refractivity contribution in [1.82, 2.24) is 4.98 Å². The third-order valence-electron chi connectivity index (χ3n) is 3.04. The summed E-state index contributed by atoms with van der Waals surface area (Å²) in [6.07, 6.45) is 5.84. The molecule has 0 aliphatic heterocycles. The zero-order valence-electron chi connectivity index (χ0n) is 7.70. The van der Waals surface area contributed by atoms with Crippen molar-refractivity contribution in [3.8, 4) is 0 Å². The maximum Gasteiger partial charge on any atom is 0.0794 e. The van der Waals surface area contributed by atoms with E-state index in [1.807, 2.05) is 5.51 Å². The van der Waals surface area contributed by atoms with Crippen LogP contribution in [0.3, 0.4) is 0 Å². The molecule has 2 rings (SSSR count). The van der Waals surface area contributed by atoms with E-state index in [0.717, 1.165) is 12.1 Å². The Hall–Kier alpha value is -0.410. The molecule has 0 radical (unpaired) electrons. The fourth-order valence-corrected chi connectivity index (χ4v) is 2.78. The van der Waals surface area contributed by atoms with Gasteiger partial charge in [0.25, 0.3) is 0 Å². The van der Waals surface area contributed by atoms with Gasteiger partial charge in [-0.05, 0) is 24.7 Å². The normalized spacial score (nSPS) is 20.7. The van der Waals surface area contributed by atoms with Crippen molar-refractivity contribution >= 4 is 11.3 Å². The molecule has 0 atom stereocenters. The van der Waals surface area contributed by atoms with Gasteiger partial charge in [-0.15, -0.1) is 11.3 Å². The number of rotatable bonds is 3. The molecule has 13 heavy (non-hydrogen) atoms. The first kappa shape index (κ1) is 9.16. The first-order chi connectivity index (χ1) is 6.35. The van der Waals surface area contributed by atoms with Crippen molar-refractivity contribution in [2.24, 2.45) is 5.41 Å². The molecule has 1 N–H and O–H groups in total.